The molecule has 0 amide bonds. The molecule has 1 unspecified atom stereocenters. The number of esters is 3. The molecule has 0 saturated heterocycles. The van der Waals surface area contributed by atoms with Gasteiger partial charge in [0, 0.05) is 19.3 Å². The van der Waals surface area contributed by atoms with Crippen LogP contribution >= 0.6 is 0 Å². The second-order valence-electron chi connectivity index (χ2n) is 24.5. The fraction of sp³-hybridized carbons (Fsp3) is 0.931. The predicted molar refractivity (Wildman–Crippen MR) is 340 cm³/mol. The van der Waals surface area contributed by atoms with Gasteiger partial charge < -0.3 is 14.2 Å². The van der Waals surface area contributed by atoms with Crippen LogP contribution in [0.15, 0.2) is 12.2 Å². The van der Waals surface area contributed by atoms with Crippen molar-refractivity contribution < 1.29 is 28.6 Å². The van der Waals surface area contributed by atoms with E-state index in [-0.39, 0.29) is 31.1 Å². The smallest absolute Gasteiger partial charge is 0.306 e. The number of allylic oxidation sites excluding steroid dienone is 2. The summed E-state index contributed by atoms with van der Waals surface area (Å²) in [5, 5.41) is 0. The third kappa shape index (κ3) is 65.0. The zero-order valence-electron chi connectivity index (χ0n) is 53.2. The van der Waals surface area contributed by atoms with E-state index < -0.39 is 6.10 Å². The van der Waals surface area contributed by atoms with E-state index in [9.17, 15) is 14.4 Å². The van der Waals surface area contributed by atoms with Crippen molar-refractivity contribution in [3.63, 3.8) is 0 Å². The van der Waals surface area contributed by atoms with Crippen LogP contribution in [0.25, 0.3) is 0 Å². The van der Waals surface area contributed by atoms with Crippen LogP contribution in [-0.2, 0) is 28.6 Å². The van der Waals surface area contributed by atoms with Crippen LogP contribution in [0.4, 0.5) is 0 Å². The van der Waals surface area contributed by atoms with Crippen molar-refractivity contribution >= 4 is 17.9 Å². The minimum Gasteiger partial charge on any atom is -0.462 e. The van der Waals surface area contributed by atoms with Crippen LogP contribution in [-0.4, -0.2) is 37.2 Å². The van der Waals surface area contributed by atoms with Crippen LogP contribution in [0.1, 0.15) is 412 Å². The standard InChI is InChI=1S/C72H138O6/c1-4-7-10-13-16-19-22-25-27-28-29-30-31-32-33-34-35-36-37-38-39-40-41-42-43-44-45-46-48-50-53-56-59-62-65-71(74)77-68-69(67-76-70(73)64-61-58-55-52-49-24-21-18-15-12-9-6-3)78-72(75)66-63-60-57-54-51-47-26-23-20-17-14-11-8-5-2/h23,26,69H,4-22,24-25,27-68H2,1-3H3/b26-23-. The Bertz CT molecular complexity index is 1210. The lowest BCUT2D eigenvalue weighted by Crippen LogP contribution is -2.30. The Hall–Kier alpha value is -1.85. The average molecular weight is 1100 g/mol. The number of unbranched alkanes of at least 4 members (excludes halogenated alkanes) is 54. The van der Waals surface area contributed by atoms with Gasteiger partial charge in [0.25, 0.3) is 0 Å². The van der Waals surface area contributed by atoms with E-state index in [1.54, 1.807) is 0 Å². The summed E-state index contributed by atoms with van der Waals surface area (Å²) in [6, 6.07) is 0. The van der Waals surface area contributed by atoms with Gasteiger partial charge in [0.1, 0.15) is 13.2 Å². The fourth-order valence-electron chi connectivity index (χ4n) is 11.2. The molecule has 78 heavy (non-hydrogen) atoms. The summed E-state index contributed by atoms with van der Waals surface area (Å²) in [7, 11) is 0. The maximum atomic E-state index is 12.9. The van der Waals surface area contributed by atoms with Crippen LogP contribution in [0, 0.1) is 0 Å². The molecule has 0 aromatic heterocycles. The first-order chi connectivity index (χ1) is 38.5. The Balaban J connectivity index is 4.00. The minimum atomic E-state index is -0.770. The highest BCUT2D eigenvalue weighted by atomic mass is 16.6. The Kier molecular flexibility index (Phi) is 66.0. The number of hydrogen-bond donors (Lipinski definition) is 0. The van der Waals surface area contributed by atoms with Gasteiger partial charge in [-0.25, -0.2) is 0 Å². The van der Waals surface area contributed by atoms with Gasteiger partial charge in [-0.3, -0.25) is 14.4 Å². The summed E-state index contributed by atoms with van der Waals surface area (Å²) in [5.41, 5.74) is 0. The molecular formula is C72H138O6. The zero-order valence-corrected chi connectivity index (χ0v) is 53.2. The van der Waals surface area contributed by atoms with Gasteiger partial charge in [0.2, 0.25) is 0 Å². The predicted octanol–water partition coefficient (Wildman–Crippen LogP) is 24.4. The summed E-state index contributed by atoms with van der Waals surface area (Å²) in [5.74, 6) is -0.846. The Morgan fingerprint density at radius 2 is 0.423 bits per heavy atom. The highest BCUT2D eigenvalue weighted by Crippen LogP contribution is 2.19. The third-order valence-electron chi connectivity index (χ3n) is 16.5. The first-order valence-electron chi connectivity index (χ1n) is 35.7. The molecule has 0 bridgehead atoms. The molecule has 6 heteroatoms. The first kappa shape index (κ1) is 76.1. The molecule has 0 rings (SSSR count). The van der Waals surface area contributed by atoms with E-state index in [2.05, 4.69) is 32.9 Å². The molecule has 0 heterocycles. The number of carbonyl (C=O) groups is 3. The lowest BCUT2D eigenvalue weighted by Gasteiger charge is -2.18. The number of carbonyl (C=O) groups excluding carboxylic acids is 3. The highest BCUT2D eigenvalue weighted by Gasteiger charge is 2.19. The highest BCUT2D eigenvalue weighted by molar-refractivity contribution is 5.71. The summed E-state index contributed by atoms with van der Waals surface area (Å²) < 4.78 is 16.9. The monoisotopic (exact) mass is 1100 g/mol. The lowest BCUT2D eigenvalue weighted by atomic mass is 10.0. The number of ether oxygens (including phenoxy) is 3. The molecule has 1 atom stereocenters. The van der Waals surface area contributed by atoms with Crippen molar-refractivity contribution in [3.8, 4) is 0 Å². The van der Waals surface area contributed by atoms with Crippen LogP contribution in [0.2, 0.25) is 0 Å². The van der Waals surface area contributed by atoms with E-state index >= 15 is 0 Å². The molecule has 0 radical (unpaired) electrons. The van der Waals surface area contributed by atoms with Gasteiger partial charge in [-0.15, -0.1) is 0 Å². The van der Waals surface area contributed by atoms with Crippen molar-refractivity contribution in [1.29, 1.82) is 0 Å². The van der Waals surface area contributed by atoms with Crippen LogP contribution in [0.5, 0.6) is 0 Å². The van der Waals surface area contributed by atoms with E-state index in [1.165, 1.54) is 308 Å². The number of rotatable bonds is 67. The molecule has 0 aromatic rings. The lowest BCUT2D eigenvalue weighted by molar-refractivity contribution is -0.167. The number of hydrogen-bond acceptors (Lipinski definition) is 6. The minimum absolute atomic E-state index is 0.0671. The van der Waals surface area contributed by atoms with Crippen molar-refractivity contribution in [2.45, 2.75) is 419 Å². The van der Waals surface area contributed by atoms with Gasteiger partial charge in [-0.05, 0) is 44.9 Å². The SMILES string of the molecule is CCCCCCC/C=C\CCCCCCCC(=O)OC(COC(=O)CCCCCCCCCCCCCC)COC(=O)CCCCCCCCCCCCCCCCCCCCCCCCCCCCCCCCCCCC. The van der Waals surface area contributed by atoms with Gasteiger partial charge in [0.15, 0.2) is 6.10 Å². The van der Waals surface area contributed by atoms with Crippen molar-refractivity contribution in [2.24, 2.45) is 0 Å². The molecule has 0 aliphatic rings. The van der Waals surface area contributed by atoms with E-state index in [0.717, 1.165) is 64.2 Å². The molecule has 0 fully saturated rings. The first-order valence-corrected chi connectivity index (χ1v) is 35.7. The van der Waals surface area contributed by atoms with Gasteiger partial charge in [-0.1, -0.05) is 360 Å². The van der Waals surface area contributed by atoms with Crippen LogP contribution < -0.4 is 0 Å². The summed E-state index contributed by atoms with van der Waals surface area (Å²) in [6.07, 6.45) is 81.3. The second kappa shape index (κ2) is 67.7. The van der Waals surface area contributed by atoms with Crippen LogP contribution in [0.3, 0.4) is 0 Å². The quantitative estimate of drug-likeness (QED) is 0.0261. The maximum absolute atomic E-state index is 12.9. The molecule has 6 nitrogen and oxygen atoms in total. The van der Waals surface area contributed by atoms with Gasteiger partial charge in [0.05, 0.1) is 0 Å². The Morgan fingerprint density at radius 1 is 0.244 bits per heavy atom. The average Bonchev–Trinajstić information content (AvgIpc) is 3.44. The van der Waals surface area contributed by atoms with E-state index in [0.29, 0.717) is 19.3 Å². The third-order valence-corrected chi connectivity index (χ3v) is 16.5. The Labute approximate surface area is 488 Å². The molecule has 0 N–H and O–H groups in total. The second-order valence-corrected chi connectivity index (χ2v) is 24.5. The molecular weight excluding hydrogens is 961 g/mol. The molecule has 0 aliphatic heterocycles. The molecule has 0 spiro atoms. The maximum Gasteiger partial charge on any atom is 0.306 e. The molecule has 0 saturated carbocycles. The van der Waals surface area contributed by atoms with Crippen molar-refractivity contribution in [3.05, 3.63) is 12.2 Å². The Morgan fingerprint density at radius 3 is 0.641 bits per heavy atom. The zero-order chi connectivity index (χ0) is 56.4. The topological polar surface area (TPSA) is 78.9 Å². The van der Waals surface area contributed by atoms with E-state index in [4.69, 9.17) is 14.2 Å². The van der Waals surface area contributed by atoms with Gasteiger partial charge >= 0.3 is 17.9 Å². The molecule has 0 aliphatic carbocycles. The normalized spacial score (nSPS) is 12.0. The fourth-order valence-corrected chi connectivity index (χ4v) is 11.2. The summed E-state index contributed by atoms with van der Waals surface area (Å²) in [6.45, 7) is 6.70. The molecule has 0 aromatic carbocycles. The van der Waals surface area contributed by atoms with Gasteiger partial charge in [-0.2, -0.15) is 0 Å². The largest absolute Gasteiger partial charge is 0.462 e. The van der Waals surface area contributed by atoms with E-state index in [1.807, 2.05) is 0 Å². The summed E-state index contributed by atoms with van der Waals surface area (Å²) in [4.78, 5) is 38.3. The van der Waals surface area contributed by atoms with Crippen molar-refractivity contribution in [1.82, 2.24) is 0 Å². The van der Waals surface area contributed by atoms with Crippen molar-refractivity contribution in [2.75, 3.05) is 13.2 Å². The molecule has 462 valence electrons. The summed E-state index contributed by atoms with van der Waals surface area (Å²) >= 11 is 0.